The van der Waals surface area contributed by atoms with Crippen LogP contribution in [0.2, 0.25) is 0 Å². The van der Waals surface area contributed by atoms with Crippen molar-refractivity contribution >= 4 is 16.7 Å². The fourth-order valence-corrected chi connectivity index (χ4v) is 2.09. The summed E-state index contributed by atoms with van der Waals surface area (Å²) in [5.74, 6) is -0.243. The smallest absolute Gasteiger partial charge is 0.141 e. The predicted molar refractivity (Wildman–Crippen MR) is 79.2 cm³/mol. The van der Waals surface area contributed by atoms with Crippen LogP contribution in [0.25, 0.3) is 10.9 Å². The zero-order chi connectivity index (χ0) is 14.8. The van der Waals surface area contributed by atoms with Crippen LogP contribution in [0.3, 0.4) is 0 Å². The molecule has 0 aliphatic carbocycles. The number of nitrogens with one attached hydrogen (secondary N) is 1. The molecule has 0 saturated carbocycles. The number of rotatable bonds is 3. The van der Waals surface area contributed by atoms with E-state index in [1.807, 2.05) is 18.2 Å². The monoisotopic (exact) mass is 281 g/mol. The Kier molecular flexibility index (Phi) is 3.23. The minimum Gasteiger partial charge on any atom is -0.456 e. The van der Waals surface area contributed by atoms with Gasteiger partial charge in [-0.25, -0.2) is 4.39 Å². The van der Waals surface area contributed by atoms with Gasteiger partial charge in [0.2, 0.25) is 0 Å². The van der Waals surface area contributed by atoms with E-state index in [2.05, 4.69) is 4.98 Å². The molecule has 0 spiro atoms. The first-order valence-corrected chi connectivity index (χ1v) is 6.31. The molecule has 0 radical (unpaired) electrons. The van der Waals surface area contributed by atoms with Crippen LogP contribution >= 0.6 is 0 Å². The van der Waals surface area contributed by atoms with E-state index in [9.17, 15) is 4.39 Å². The van der Waals surface area contributed by atoms with Gasteiger partial charge in [-0.3, -0.25) is 10.4 Å². The zero-order valence-electron chi connectivity index (χ0n) is 11.0. The van der Waals surface area contributed by atoms with Crippen LogP contribution in [-0.4, -0.2) is 10.8 Å². The fraction of sp³-hybridized carbons (Fsp3) is 0. The van der Waals surface area contributed by atoms with E-state index in [1.165, 1.54) is 12.1 Å². The molecule has 0 fully saturated rings. The normalized spacial score (nSPS) is 10.5. The third kappa shape index (κ3) is 2.53. The van der Waals surface area contributed by atoms with Crippen molar-refractivity contribution in [3.63, 3.8) is 0 Å². The highest BCUT2D eigenvalue weighted by molar-refractivity contribution is 5.98. The van der Waals surface area contributed by atoms with E-state index in [1.54, 1.807) is 24.4 Å². The summed E-state index contributed by atoms with van der Waals surface area (Å²) in [6.45, 7) is 0. The Morgan fingerprint density at radius 1 is 1.14 bits per heavy atom. The zero-order valence-corrected chi connectivity index (χ0v) is 11.0. The molecule has 1 heterocycles. The van der Waals surface area contributed by atoms with Crippen LogP contribution < -0.4 is 10.5 Å². The van der Waals surface area contributed by atoms with Gasteiger partial charge in [-0.2, -0.15) is 0 Å². The Bertz CT molecular complexity index is 833. The molecule has 1 aromatic heterocycles. The van der Waals surface area contributed by atoms with E-state index < -0.39 is 5.82 Å². The molecule has 0 aliphatic rings. The molecule has 3 N–H and O–H groups in total. The van der Waals surface area contributed by atoms with E-state index in [0.717, 1.165) is 10.9 Å². The van der Waals surface area contributed by atoms with Crippen LogP contribution in [0.4, 0.5) is 4.39 Å². The number of halogens is 1. The summed E-state index contributed by atoms with van der Waals surface area (Å²) in [5.41, 5.74) is 6.14. The molecule has 0 bridgehead atoms. The van der Waals surface area contributed by atoms with Gasteiger partial charge < -0.3 is 10.5 Å². The molecule has 4 nitrogen and oxygen atoms in total. The lowest BCUT2D eigenvalue weighted by molar-refractivity contribution is 0.475. The maximum Gasteiger partial charge on any atom is 0.141 e. The summed E-state index contributed by atoms with van der Waals surface area (Å²) in [6.07, 6.45) is 1.69. The maximum atomic E-state index is 13.7. The number of nitrogen functional groups attached to an aromatic ring is 1. The molecule has 3 rings (SSSR count). The van der Waals surface area contributed by atoms with Gasteiger partial charge in [0.25, 0.3) is 0 Å². The summed E-state index contributed by atoms with van der Waals surface area (Å²) in [6, 6.07) is 13.5. The molecule has 0 aliphatic heterocycles. The largest absolute Gasteiger partial charge is 0.456 e. The van der Waals surface area contributed by atoms with Crippen LogP contribution in [0, 0.1) is 11.2 Å². The first-order chi connectivity index (χ1) is 10.1. The van der Waals surface area contributed by atoms with Crippen LogP contribution in [-0.2, 0) is 0 Å². The number of nitrogens with zero attached hydrogens (tertiary/aromatic N) is 1. The lowest BCUT2D eigenvalue weighted by Gasteiger charge is -2.11. The topological polar surface area (TPSA) is 72.0 Å². The summed E-state index contributed by atoms with van der Waals surface area (Å²) >= 11 is 0. The second-order valence-corrected chi connectivity index (χ2v) is 4.49. The molecule has 2 aromatic carbocycles. The molecule has 0 saturated heterocycles. The summed E-state index contributed by atoms with van der Waals surface area (Å²) in [5, 5.41) is 8.44. The number of hydrogen-bond donors (Lipinski definition) is 2. The van der Waals surface area contributed by atoms with Crippen molar-refractivity contribution in [2.24, 2.45) is 5.73 Å². The second kappa shape index (κ2) is 5.20. The van der Waals surface area contributed by atoms with Crippen molar-refractivity contribution in [3.05, 3.63) is 66.1 Å². The Morgan fingerprint density at radius 3 is 2.81 bits per heavy atom. The molecule has 3 aromatic rings. The molecule has 21 heavy (non-hydrogen) atoms. The number of benzene rings is 2. The fourth-order valence-electron chi connectivity index (χ4n) is 2.09. The van der Waals surface area contributed by atoms with E-state index >= 15 is 0 Å². The number of fused-ring (bicyclic) bond motifs is 1. The number of hydrogen-bond acceptors (Lipinski definition) is 3. The van der Waals surface area contributed by atoms with Gasteiger partial charge in [-0.05, 0) is 30.3 Å². The van der Waals surface area contributed by atoms with Gasteiger partial charge in [0.05, 0.1) is 11.1 Å². The first kappa shape index (κ1) is 13.1. The van der Waals surface area contributed by atoms with Gasteiger partial charge >= 0.3 is 0 Å². The lowest BCUT2D eigenvalue weighted by Crippen LogP contribution is -2.14. The van der Waals surface area contributed by atoms with Crippen LogP contribution in [0.5, 0.6) is 11.5 Å². The van der Waals surface area contributed by atoms with E-state index in [-0.39, 0.29) is 17.1 Å². The van der Waals surface area contributed by atoms with Crippen molar-refractivity contribution in [3.8, 4) is 11.5 Å². The maximum absolute atomic E-state index is 13.7. The van der Waals surface area contributed by atoms with Gasteiger partial charge in [-0.1, -0.05) is 12.1 Å². The highest BCUT2D eigenvalue weighted by atomic mass is 19.1. The summed E-state index contributed by atoms with van der Waals surface area (Å²) < 4.78 is 19.4. The molecule has 0 amide bonds. The van der Waals surface area contributed by atoms with Gasteiger partial charge in [0.15, 0.2) is 0 Å². The summed E-state index contributed by atoms with van der Waals surface area (Å²) in [4.78, 5) is 4.24. The Morgan fingerprint density at radius 2 is 2.00 bits per heavy atom. The number of nitrogens with two attached hydrogens (primary N) is 1. The SMILES string of the molecule is N=C(N)c1c(F)cccc1Oc1ccc2cccnc2c1. The van der Waals surface area contributed by atoms with Crippen LogP contribution in [0.1, 0.15) is 5.56 Å². The summed E-state index contributed by atoms with van der Waals surface area (Å²) in [7, 11) is 0. The first-order valence-electron chi connectivity index (χ1n) is 6.31. The number of pyridine rings is 1. The highest BCUT2D eigenvalue weighted by Gasteiger charge is 2.13. The van der Waals surface area contributed by atoms with E-state index in [0.29, 0.717) is 5.75 Å². The Labute approximate surface area is 120 Å². The van der Waals surface area contributed by atoms with Gasteiger partial charge in [0.1, 0.15) is 23.2 Å². The highest BCUT2D eigenvalue weighted by Crippen LogP contribution is 2.28. The Hall–Kier alpha value is -2.95. The lowest BCUT2D eigenvalue weighted by atomic mass is 10.1. The van der Waals surface area contributed by atoms with Crippen molar-refractivity contribution in [2.45, 2.75) is 0 Å². The minimum atomic E-state index is -0.584. The molecule has 0 unspecified atom stereocenters. The third-order valence-electron chi connectivity index (χ3n) is 3.05. The molecular formula is C16H12FN3O. The van der Waals surface area contributed by atoms with Crippen LogP contribution in [0.15, 0.2) is 54.7 Å². The average Bonchev–Trinajstić information content (AvgIpc) is 2.47. The standard InChI is InChI=1S/C16H12FN3O/c17-12-4-1-5-14(15(12)16(18)19)21-11-7-6-10-3-2-8-20-13(10)9-11/h1-9H,(H3,18,19). The van der Waals surface area contributed by atoms with Gasteiger partial charge in [0, 0.05) is 17.6 Å². The molecule has 104 valence electrons. The van der Waals surface area contributed by atoms with Gasteiger partial charge in [-0.15, -0.1) is 0 Å². The van der Waals surface area contributed by atoms with Crippen molar-refractivity contribution in [1.82, 2.24) is 4.98 Å². The minimum absolute atomic E-state index is 0.0429. The number of amidine groups is 1. The number of ether oxygens (including phenoxy) is 1. The van der Waals surface area contributed by atoms with Crippen molar-refractivity contribution < 1.29 is 9.13 Å². The van der Waals surface area contributed by atoms with E-state index in [4.69, 9.17) is 15.9 Å². The van der Waals surface area contributed by atoms with Crippen molar-refractivity contribution in [2.75, 3.05) is 0 Å². The number of aromatic nitrogens is 1. The second-order valence-electron chi connectivity index (χ2n) is 4.49. The molecular weight excluding hydrogens is 269 g/mol. The predicted octanol–water partition coefficient (Wildman–Crippen LogP) is 3.45. The average molecular weight is 281 g/mol. The van der Waals surface area contributed by atoms with Crippen molar-refractivity contribution in [1.29, 1.82) is 5.41 Å². The third-order valence-corrected chi connectivity index (χ3v) is 3.05. The Balaban J connectivity index is 2.02. The quantitative estimate of drug-likeness (QED) is 0.570. The molecule has 0 atom stereocenters. The molecule has 5 heteroatoms.